The molecule has 0 fully saturated rings. The summed E-state index contributed by atoms with van der Waals surface area (Å²) in [5, 5.41) is 30.7. The van der Waals surface area contributed by atoms with E-state index in [1.807, 2.05) is 6.92 Å². The lowest BCUT2D eigenvalue weighted by Gasteiger charge is -2.16. The van der Waals surface area contributed by atoms with Gasteiger partial charge in [0.1, 0.15) is 10.9 Å². The van der Waals surface area contributed by atoms with Crippen LogP contribution in [0.2, 0.25) is 0 Å². The molecule has 0 aliphatic heterocycles. The first-order chi connectivity index (χ1) is 10.1. The van der Waals surface area contributed by atoms with Gasteiger partial charge in [0.25, 0.3) is 0 Å². The highest BCUT2D eigenvalue weighted by molar-refractivity contribution is 8.15. The minimum Gasteiger partial charge on any atom is -0.410 e. The SMILES string of the molecule is CCSC(=N)/C(=N\O)C(=N)NC1CCc2ccc(F)cc21. The van der Waals surface area contributed by atoms with Gasteiger partial charge in [0.15, 0.2) is 11.5 Å². The smallest absolute Gasteiger partial charge is 0.175 e. The van der Waals surface area contributed by atoms with Crippen molar-refractivity contribution in [3.63, 3.8) is 0 Å². The molecule has 5 nitrogen and oxygen atoms in total. The van der Waals surface area contributed by atoms with Gasteiger partial charge in [-0.2, -0.15) is 0 Å². The molecule has 0 aromatic heterocycles. The fourth-order valence-corrected chi connectivity index (χ4v) is 2.96. The lowest BCUT2D eigenvalue weighted by atomic mass is 10.1. The van der Waals surface area contributed by atoms with Gasteiger partial charge in [0.05, 0.1) is 6.04 Å². The Hall–Kier alpha value is -1.89. The highest BCUT2D eigenvalue weighted by Crippen LogP contribution is 2.31. The van der Waals surface area contributed by atoms with Crippen molar-refractivity contribution in [1.29, 1.82) is 10.8 Å². The zero-order valence-electron chi connectivity index (χ0n) is 11.6. The van der Waals surface area contributed by atoms with E-state index in [2.05, 4.69) is 10.5 Å². The zero-order valence-corrected chi connectivity index (χ0v) is 12.4. The normalized spacial score (nSPS) is 17.4. The molecule has 1 atom stereocenters. The molecule has 0 spiro atoms. The van der Waals surface area contributed by atoms with E-state index in [1.165, 1.54) is 23.9 Å². The summed E-state index contributed by atoms with van der Waals surface area (Å²) in [6.45, 7) is 1.88. The maximum Gasteiger partial charge on any atom is 0.175 e. The van der Waals surface area contributed by atoms with Gasteiger partial charge in [0.2, 0.25) is 0 Å². The van der Waals surface area contributed by atoms with Gasteiger partial charge >= 0.3 is 0 Å². The zero-order chi connectivity index (χ0) is 15.4. The van der Waals surface area contributed by atoms with Crippen molar-refractivity contribution in [2.45, 2.75) is 25.8 Å². The van der Waals surface area contributed by atoms with Crippen molar-refractivity contribution >= 4 is 28.4 Å². The quantitative estimate of drug-likeness (QED) is 0.298. The van der Waals surface area contributed by atoms with E-state index in [1.54, 1.807) is 6.07 Å². The molecule has 1 aliphatic carbocycles. The molecule has 0 saturated heterocycles. The Balaban J connectivity index is 2.11. The van der Waals surface area contributed by atoms with E-state index in [4.69, 9.17) is 16.0 Å². The number of hydrogen-bond donors (Lipinski definition) is 4. The van der Waals surface area contributed by atoms with Gasteiger partial charge in [-0.3, -0.25) is 10.8 Å². The molecule has 0 saturated carbocycles. The number of aryl methyl sites for hydroxylation is 1. The second-order valence-corrected chi connectivity index (χ2v) is 5.94. The first-order valence-electron chi connectivity index (χ1n) is 6.64. The van der Waals surface area contributed by atoms with Crippen LogP contribution < -0.4 is 5.32 Å². The Morgan fingerprint density at radius 2 is 2.29 bits per heavy atom. The number of fused-ring (bicyclic) bond motifs is 1. The first-order valence-corrected chi connectivity index (χ1v) is 7.63. The highest BCUT2D eigenvalue weighted by Gasteiger charge is 2.25. The largest absolute Gasteiger partial charge is 0.410 e. The maximum absolute atomic E-state index is 13.3. The van der Waals surface area contributed by atoms with Crippen LogP contribution >= 0.6 is 11.8 Å². The first kappa shape index (κ1) is 15.5. The second-order valence-electron chi connectivity index (χ2n) is 4.66. The molecule has 7 heteroatoms. The van der Waals surface area contributed by atoms with Gasteiger partial charge < -0.3 is 10.5 Å². The standard InChI is InChI=1S/C14H17FN4OS/c1-2-21-14(17)12(19-20)13(16)18-11-6-4-8-3-5-9(15)7-10(8)11/h3,5,7,11,17,20H,2,4,6H2,1H3,(H2,16,18)/b17-14?,19-12-. The number of benzene rings is 1. The summed E-state index contributed by atoms with van der Waals surface area (Å²) in [6, 6.07) is 4.46. The molecule has 1 unspecified atom stereocenters. The van der Waals surface area contributed by atoms with Gasteiger partial charge in [-0.15, -0.1) is 11.8 Å². The average Bonchev–Trinajstić information content (AvgIpc) is 2.82. The molecule has 1 aromatic carbocycles. The van der Waals surface area contributed by atoms with E-state index in [0.717, 1.165) is 24.0 Å². The molecule has 0 bridgehead atoms. The Morgan fingerprint density at radius 1 is 1.52 bits per heavy atom. The van der Waals surface area contributed by atoms with Crippen LogP contribution in [0.5, 0.6) is 0 Å². The van der Waals surface area contributed by atoms with E-state index < -0.39 is 0 Å². The van der Waals surface area contributed by atoms with Gasteiger partial charge in [0, 0.05) is 0 Å². The summed E-state index contributed by atoms with van der Waals surface area (Å²) >= 11 is 1.19. The molecule has 1 aromatic rings. The summed E-state index contributed by atoms with van der Waals surface area (Å²) < 4.78 is 13.3. The van der Waals surface area contributed by atoms with Crippen molar-refractivity contribution in [3.8, 4) is 0 Å². The van der Waals surface area contributed by atoms with Crippen LogP contribution in [0.15, 0.2) is 23.4 Å². The molecule has 0 amide bonds. The third-order valence-corrected chi connectivity index (χ3v) is 4.12. The van der Waals surface area contributed by atoms with Gasteiger partial charge in [-0.25, -0.2) is 4.39 Å². The lowest BCUT2D eigenvalue weighted by molar-refractivity contribution is 0.321. The lowest BCUT2D eigenvalue weighted by Crippen LogP contribution is -2.36. The Bertz CT molecular complexity index is 603. The predicted octanol–water partition coefficient (Wildman–Crippen LogP) is 2.94. The monoisotopic (exact) mass is 308 g/mol. The number of hydrogen-bond acceptors (Lipinski definition) is 5. The number of nitrogens with zero attached hydrogens (tertiary/aromatic N) is 1. The van der Waals surface area contributed by atoms with Crippen LogP contribution in [0, 0.1) is 16.6 Å². The third kappa shape index (κ3) is 3.41. The molecule has 0 radical (unpaired) electrons. The van der Waals surface area contributed by atoms with Crippen molar-refractivity contribution in [1.82, 2.24) is 5.32 Å². The van der Waals surface area contributed by atoms with Crippen LogP contribution in [0.3, 0.4) is 0 Å². The molecule has 2 rings (SSSR count). The second kappa shape index (κ2) is 6.71. The molecule has 1 aliphatic rings. The van der Waals surface area contributed by atoms with Gasteiger partial charge in [-0.05, 0) is 41.9 Å². The Kier molecular flexibility index (Phi) is 4.95. The number of rotatable bonds is 4. The predicted molar refractivity (Wildman–Crippen MR) is 83.4 cm³/mol. The molecule has 4 N–H and O–H groups in total. The summed E-state index contributed by atoms with van der Waals surface area (Å²) in [4.78, 5) is 0. The van der Waals surface area contributed by atoms with Crippen LogP contribution in [0.4, 0.5) is 4.39 Å². The molecule has 21 heavy (non-hydrogen) atoms. The number of halogens is 1. The van der Waals surface area contributed by atoms with Crippen LogP contribution in [0.1, 0.15) is 30.5 Å². The van der Waals surface area contributed by atoms with Crippen LogP contribution in [-0.2, 0) is 6.42 Å². The molecular formula is C14H17FN4OS. The van der Waals surface area contributed by atoms with E-state index in [0.29, 0.717) is 5.75 Å². The summed E-state index contributed by atoms with van der Waals surface area (Å²) in [5.41, 5.74) is 1.79. The fourth-order valence-electron chi connectivity index (χ4n) is 2.39. The Labute approximate surface area is 126 Å². The highest BCUT2D eigenvalue weighted by atomic mass is 32.2. The summed E-state index contributed by atoms with van der Waals surface area (Å²) in [5.74, 6) is 0.229. The third-order valence-electron chi connectivity index (χ3n) is 3.34. The topological polar surface area (TPSA) is 92.3 Å². The summed E-state index contributed by atoms with van der Waals surface area (Å²) in [7, 11) is 0. The maximum atomic E-state index is 13.3. The average molecular weight is 308 g/mol. The number of thioether (sulfide) groups is 1. The van der Waals surface area contributed by atoms with Crippen LogP contribution in [-0.4, -0.2) is 27.6 Å². The summed E-state index contributed by atoms with van der Waals surface area (Å²) in [6.07, 6.45) is 1.56. The number of nitrogens with one attached hydrogen (secondary N) is 3. The van der Waals surface area contributed by atoms with Crippen molar-refractivity contribution < 1.29 is 9.60 Å². The number of oxime groups is 1. The van der Waals surface area contributed by atoms with E-state index in [-0.39, 0.29) is 28.5 Å². The van der Waals surface area contributed by atoms with E-state index in [9.17, 15) is 4.39 Å². The van der Waals surface area contributed by atoms with E-state index >= 15 is 0 Å². The fraction of sp³-hybridized carbons (Fsp3) is 0.357. The van der Waals surface area contributed by atoms with Crippen LogP contribution in [0.25, 0.3) is 0 Å². The van der Waals surface area contributed by atoms with Crippen molar-refractivity contribution in [3.05, 3.63) is 35.1 Å². The van der Waals surface area contributed by atoms with Gasteiger partial charge in [-0.1, -0.05) is 18.1 Å². The molecule has 0 heterocycles. The minimum atomic E-state index is -0.306. The Morgan fingerprint density at radius 3 is 2.95 bits per heavy atom. The molecular weight excluding hydrogens is 291 g/mol. The molecule has 112 valence electrons. The van der Waals surface area contributed by atoms with Crippen molar-refractivity contribution in [2.24, 2.45) is 5.16 Å². The minimum absolute atomic E-state index is 0.0370. The number of amidine groups is 1. The van der Waals surface area contributed by atoms with Crippen molar-refractivity contribution in [2.75, 3.05) is 5.75 Å².